The number of halogens is 3. The van der Waals surface area contributed by atoms with Crippen molar-refractivity contribution in [2.24, 2.45) is 0 Å². The zero-order valence-electron chi connectivity index (χ0n) is 8.70. The van der Waals surface area contributed by atoms with Crippen molar-refractivity contribution in [3.63, 3.8) is 0 Å². The van der Waals surface area contributed by atoms with Crippen LogP contribution in [0.25, 0.3) is 0 Å². The third kappa shape index (κ3) is 2.70. The van der Waals surface area contributed by atoms with Gasteiger partial charge in [-0.3, -0.25) is 0 Å². The Kier molecular flexibility index (Phi) is 3.54. The van der Waals surface area contributed by atoms with E-state index in [9.17, 15) is 13.9 Å². The Hall–Kier alpha value is -1.26. The first-order valence-electron chi connectivity index (χ1n) is 4.96. The van der Waals surface area contributed by atoms with Crippen molar-refractivity contribution in [1.29, 1.82) is 0 Å². The fourth-order valence-electron chi connectivity index (χ4n) is 1.55. The van der Waals surface area contributed by atoms with E-state index in [2.05, 4.69) is 15.9 Å². The van der Waals surface area contributed by atoms with Crippen LogP contribution in [0.5, 0.6) is 0 Å². The topological polar surface area (TPSA) is 20.2 Å². The van der Waals surface area contributed by atoms with Crippen LogP contribution in [-0.4, -0.2) is 5.11 Å². The van der Waals surface area contributed by atoms with Crippen molar-refractivity contribution >= 4 is 15.9 Å². The lowest BCUT2D eigenvalue weighted by atomic mass is 10.0. The van der Waals surface area contributed by atoms with E-state index < -0.39 is 17.7 Å². The molecule has 1 nitrogen and oxygen atoms in total. The van der Waals surface area contributed by atoms with Gasteiger partial charge < -0.3 is 5.11 Å². The molecule has 0 saturated heterocycles. The molecule has 1 N–H and O–H groups in total. The first kappa shape index (κ1) is 12.2. The molecule has 1 atom stereocenters. The van der Waals surface area contributed by atoms with Crippen LogP contribution in [0.15, 0.2) is 46.9 Å². The van der Waals surface area contributed by atoms with Gasteiger partial charge in [0.25, 0.3) is 0 Å². The Balaban J connectivity index is 2.36. The molecular weight excluding hydrogens is 290 g/mol. The molecule has 2 aromatic carbocycles. The van der Waals surface area contributed by atoms with E-state index in [0.717, 1.165) is 16.6 Å². The summed E-state index contributed by atoms with van der Waals surface area (Å²) in [5.74, 6) is -1.88. The van der Waals surface area contributed by atoms with Crippen molar-refractivity contribution in [3.8, 4) is 0 Å². The van der Waals surface area contributed by atoms with Crippen LogP contribution in [0, 0.1) is 11.6 Å². The molecule has 0 amide bonds. The third-order valence-corrected chi connectivity index (χ3v) is 2.92. The molecule has 0 heterocycles. The van der Waals surface area contributed by atoms with Crippen LogP contribution in [0.2, 0.25) is 0 Å². The van der Waals surface area contributed by atoms with E-state index in [4.69, 9.17) is 0 Å². The number of rotatable bonds is 2. The summed E-state index contributed by atoms with van der Waals surface area (Å²) in [6.07, 6.45) is -0.970. The van der Waals surface area contributed by atoms with Gasteiger partial charge in [-0.05, 0) is 35.4 Å². The Bertz CT molecular complexity index is 543. The molecule has 4 heteroatoms. The maximum Gasteiger partial charge on any atom is 0.159 e. The van der Waals surface area contributed by atoms with Crippen LogP contribution < -0.4 is 0 Å². The van der Waals surface area contributed by atoms with Crippen LogP contribution in [0.3, 0.4) is 0 Å². The van der Waals surface area contributed by atoms with Gasteiger partial charge in [-0.15, -0.1) is 0 Å². The summed E-state index contributed by atoms with van der Waals surface area (Å²) in [5.41, 5.74) is 0.937. The molecule has 1 unspecified atom stereocenters. The number of hydrogen-bond donors (Lipinski definition) is 1. The lowest BCUT2D eigenvalue weighted by Crippen LogP contribution is -2.00. The van der Waals surface area contributed by atoms with Crippen LogP contribution in [0.1, 0.15) is 17.2 Å². The minimum absolute atomic E-state index is 0.321. The summed E-state index contributed by atoms with van der Waals surface area (Å²) in [7, 11) is 0. The summed E-state index contributed by atoms with van der Waals surface area (Å²) in [6.45, 7) is 0. The van der Waals surface area contributed by atoms with Gasteiger partial charge in [-0.25, -0.2) is 8.78 Å². The van der Waals surface area contributed by atoms with Crippen LogP contribution in [-0.2, 0) is 0 Å². The minimum Gasteiger partial charge on any atom is -0.384 e. The van der Waals surface area contributed by atoms with E-state index in [1.54, 1.807) is 18.2 Å². The zero-order chi connectivity index (χ0) is 12.4. The van der Waals surface area contributed by atoms with Gasteiger partial charge in [-0.1, -0.05) is 34.1 Å². The largest absolute Gasteiger partial charge is 0.384 e. The Morgan fingerprint density at radius 2 is 1.65 bits per heavy atom. The van der Waals surface area contributed by atoms with Crippen molar-refractivity contribution in [1.82, 2.24) is 0 Å². The number of aliphatic hydroxyl groups excluding tert-OH is 1. The van der Waals surface area contributed by atoms with Crippen LogP contribution in [0.4, 0.5) is 8.78 Å². The second-order valence-corrected chi connectivity index (χ2v) is 4.55. The average molecular weight is 299 g/mol. The molecule has 0 aliphatic rings. The van der Waals surface area contributed by atoms with E-state index in [1.165, 1.54) is 6.07 Å². The normalized spacial score (nSPS) is 12.5. The lowest BCUT2D eigenvalue weighted by molar-refractivity contribution is 0.219. The smallest absolute Gasteiger partial charge is 0.159 e. The Morgan fingerprint density at radius 1 is 0.941 bits per heavy atom. The minimum atomic E-state index is -0.970. The van der Waals surface area contributed by atoms with E-state index in [1.807, 2.05) is 6.07 Å². The molecule has 0 aliphatic heterocycles. The summed E-state index contributed by atoms with van der Waals surface area (Å²) < 4.78 is 26.6. The number of benzene rings is 2. The van der Waals surface area contributed by atoms with Gasteiger partial charge in [0.1, 0.15) is 6.10 Å². The quantitative estimate of drug-likeness (QED) is 0.894. The van der Waals surface area contributed by atoms with Gasteiger partial charge in [0.2, 0.25) is 0 Å². The van der Waals surface area contributed by atoms with Gasteiger partial charge in [0, 0.05) is 4.47 Å². The molecule has 0 spiro atoms. The maximum atomic E-state index is 13.0. The Labute approximate surface area is 106 Å². The molecule has 0 aromatic heterocycles. The second-order valence-electron chi connectivity index (χ2n) is 3.63. The summed E-state index contributed by atoms with van der Waals surface area (Å²) in [6, 6.07) is 10.4. The monoisotopic (exact) mass is 298 g/mol. The van der Waals surface area contributed by atoms with Gasteiger partial charge in [0.15, 0.2) is 11.6 Å². The van der Waals surface area contributed by atoms with Crippen molar-refractivity contribution in [2.45, 2.75) is 6.10 Å². The van der Waals surface area contributed by atoms with Gasteiger partial charge in [0.05, 0.1) is 0 Å². The molecule has 0 aliphatic carbocycles. The SMILES string of the molecule is OC(c1cccc(Br)c1)c1ccc(F)c(F)c1. The van der Waals surface area contributed by atoms with E-state index >= 15 is 0 Å². The highest BCUT2D eigenvalue weighted by atomic mass is 79.9. The standard InChI is InChI=1S/C13H9BrF2O/c14-10-3-1-2-8(6-10)13(17)9-4-5-11(15)12(16)7-9/h1-7,13,17H. The molecule has 17 heavy (non-hydrogen) atoms. The molecule has 0 saturated carbocycles. The third-order valence-electron chi connectivity index (χ3n) is 2.42. The highest BCUT2D eigenvalue weighted by molar-refractivity contribution is 9.10. The number of aliphatic hydroxyl groups is 1. The number of hydrogen-bond acceptors (Lipinski definition) is 1. The van der Waals surface area contributed by atoms with Gasteiger partial charge in [-0.2, -0.15) is 0 Å². The molecule has 0 fully saturated rings. The summed E-state index contributed by atoms with van der Waals surface area (Å²) >= 11 is 3.28. The Morgan fingerprint density at radius 3 is 2.29 bits per heavy atom. The predicted octanol–water partition coefficient (Wildman–Crippen LogP) is 3.81. The summed E-state index contributed by atoms with van der Waals surface area (Å²) in [4.78, 5) is 0. The molecule has 88 valence electrons. The molecule has 0 bridgehead atoms. The van der Waals surface area contributed by atoms with Crippen molar-refractivity contribution in [2.75, 3.05) is 0 Å². The highest BCUT2D eigenvalue weighted by Crippen LogP contribution is 2.25. The molecule has 0 radical (unpaired) electrons. The average Bonchev–Trinajstić information content (AvgIpc) is 2.32. The summed E-state index contributed by atoms with van der Waals surface area (Å²) in [5, 5.41) is 10.0. The molecule has 2 aromatic rings. The lowest BCUT2D eigenvalue weighted by Gasteiger charge is -2.12. The first-order chi connectivity index (χ1) is 8.08. The maximum absolute atomic E-state index is 13.0. The van der Waals surface area contributed by atoms with Crippen molar-refractivity contribution < 1.29 is 13.9 Å². The van der Waals surface area contributed by atoms with Crippen LogP contribution >= 0.6 is 15.9 Å². The fraction of sp³-hybridized carbons (Fsp3) is 0.0769. The zero-order valence-corrected chi connectivity index (χ0v) is 10.3. The second kappa shape index (κ2) is 4.94. The van der Waals surface area contributed by atoms with E-state index in [0.29, 0.717) is 11.1 Å². The molecule has 2 rings (SSSR count). The van der Waals surface area contributed by atoms with Gasteiger partial charge >= 0.3 is 0 Å². The highest BCUT2D eigenvalue weighted by Gasteiger charge is 2.13. The molecular formula is C13H9BrF2O. The first-order valence-corrected chi connectivity index (χ1v) is 5.75. The fourth-order valence-corrected chi connectivity index (χ4v) is 1.97. The van der Waals surface area contributed by atoms with Crippen molar-refractivity contribution in [3.05, 3.63) is 69.7 Å². The predicted molar refractivity (Wildman–Crippen MR) is 64.6 cm³/mol. The van der Waals surface area contributed by atoms with E-state index in [-0.39, 0.29) is 0 Å².